The van der Waals surface area contributed by atoms with Crippen molar-refractivity contribution in [1.29, 1.82) is 0 Å². The molecule has 0 spiro atoms. The fourth-order valence-corrected chi connectivity index (χ4v) is 4.22. The SMILES string of the molecule is Cc1cc(C)cc(-c2nnc(SCC(=O)c3cc(C)n(Cc4ccco4)c3C)o2)c1. The zero-order chi connectivity index (χ0) is 21.3. The van der Waals surface area contributed by atoms with Crippen LogP contribution in [0.4, 0.5) is 0 Å². The Labute approximate surface area is 179 Å². The zero-order valence-corrected chi connectivity index (χ0v) is 18.2. The molecule has 0 aliphatic rings. The summed E-state index contributed by atoms with van der Waals surface area (Å²) in [7, 11) is 0. The van der Waals surface area contributed by atoms with Crippen LogP contribution in [0.5, 0.6) is 0 Å². The maximum atomic E-state index is 12.8. The van der Waals surface area contributed by atoms with Crippen molar-refractivity contribution in [3.05, 3.63) is 76.5 Å². The number of thioether (sulfide) groups is 1. The monoisotopic (exact) mass is 421 g/mol. The van der Waals surface area contributed by atoms with E-state index < -0.39 is 0 Å². The highest BCUT2D eigenvalue weighted by Crippen LogP contribution is 2.26. The number of nitrogens with zero attached hydrogens (tertiary/aromatic N) is 3. The van der Waals surface area contributed by atoms with Gasteiger partial charge in [-0.1, -0.05) is 29.0 Å². The number of carbonyl (C=O) groups is 1. The first-order valence-electron chi connectivity index (χ1n) is 9.68. The summed E-state index contributed by atoms with van der Waals surface area (Å²) >= 11 is 1.26. The molecule has 0 N–H and O–H groups in total. The minimum absolute atomic E-state index is 0.0324. The molecule has 3 heterocycles. The highest BCUT2D eigenvalue weighted by Gasteiger charge is 2.18. The number of benzene rings is 1. The average molecular weight is 422 g/mol. The van der Waals surface area contributed by atoms with E-state index >= 15 is 0 Å². The van der Waals surface area contributed by atoms with Gasteiger partial charge in [0.05, 0.1) is 18.6 Å². The number of furan rings is 1. The summed E-state index contributed by atoms with van der Waals surface area (Å²) < 4.78 is 13.3. The lowest BCUT2D eigenvalue weighted by Crippen LogP contribution is -2.07. The zero-order valence-electron chi connectivity index (χ0n) is 17.4. The molecule has 1 aromatic carbocycles. The maximum absolute atomic E-state index is 12.8. The molecule has 0 bridgehead atoms. The predicted octanol–water partition coefficient (Wildman–Crippen LogP) is 5.39. The molecule has 0 radical (unpaired) electrons. The first-order chi connectivity index (χ1) is 14.4. The third kappa shape index (κ3) is 4.26. The molecule has 0 saturated carbocycles. The fourth-order valence-electron chi connectivity index (χ4n) is 3.57. The minimum atomic E-state index is 0.0324. The fraction of sp³-hybridized carbons (Fsp3) is 0.261. The van der Waals surface area contributed by atoms with Gasteiger partial charge in [0.25, 0.3) is 5.22 Å². The summed E-state index contributed by atoms with van der Waals surface area (Å²) in [4.78, 5) is 12.8. The average Bonchev–Trinajstić information content (AvgIpc) is 3.43. The molecule has 0 fully saturated rings. The van der Waals surface area contributed by atoms with Crippen molar-refractivity contribution in [2.75, 3.05) is 5.75 Å². The third-order valence-corrected chi connectivity index (χ3v) is 5.79. The van der Waals surface area contributed by atoms with Gasteiger partial charge in [-0.3, -0.25) is 4.79 Å². The summed E-state index contributed by atoms with van der Waals surface area (Å²) in [6.07, 6.45) is 1.66. The van der Waals surface area contributed by atoms with E-state index in [9.17, 15) is 4.79 Å². The molecule has 4 aromatic rings. The smallest absolute Gasteiger partial charge is 0.277 e. The van der Waals surface area contributed by atoms with Crippen LogP contribution in [0.2, 0.25) is 0 Å². The van der Waals surface area contributed by atoms with Crippen molar-refractivity contribution in [2.24, 2.45) is 0 Å². The minimum Gasteiger partial charge on any atom is -0.467 e. The lowest BCUT2D eigenvalue weighted by Gasteiger charge is -2.07. The first-order valence-corrected chi connectivity index (χ1v) is 10.7. The van der Waals surface area contributed by atoms with Crippen molar-refractivity contribution in [3.8, 4) is 11.5 Å². The van der Waals surface area contributed by atoms with Crippen molar-refractivity contribution in [2.45, 2.75) is 39.5 Å². The molecule has 6 nitrogen and oxygen atoms in total. The lowest BCUT2D eigenvalue weighted by molar-refractivity contribution is 0.102. The maximum Gasteiger partial charge on any atom is 0.277 e. The largest absolute Gasteiger partial charge is 0.467 e. The van der Waals surface area contributed by atoms with Crippen LogP contribution in [0.25, 0.3) is 11.5 Å². The second-order valence-corrected chi connectivity index (χ2v) is 8.34. The van der Waals surface area contributed by atoms with Crippen molar-refractivity contribution >= 4 is 17.5 Å². The number of carbonyl (C=O) groups excluding carboxylic acids is 1. The van der Waals surface area contributed by atoms with Gasteiger partial charge < -0.3 is 13.4 Å². The molecular weight excluding hydrogens is 398 g/mol. The van der Waals surface area contributed by atoms with Crippen LogP contribution in [-0.4, -0.2) is 26.3 Å². The Bertz CT molecular complexity index is 1170. The molecule has 0 aliphatic heterocycles. The van der Waals surface area contributed by atoms with E-state index in [2.05, 4.69) is 20.8 Å². The topological polar surface area (TPSA) is 74.1 Å². The molecule has 3 aromatic heterocycles. The van der Waals surface area contributed by atoms with Crippen LogP contribution in [0.3, 0.4) is 0 Å². The Morgan fingerprint density at radius 1 is 1.07 bits per heavy atom. The number of aromatic nitrogens is 3. The summed E-state index contributed by atoms with van der Waals surface area (Å²) in [6.45, 7) is 8.62. The van der Waals surface area contributed by atoms with Gasteiger partial charge in [-0.25, -0.2) is 0 Å². The molecule has 0 unspecified atom stereocenters. The number of hydrogen-bond donors (Lipinski definition) is 0. The normalized spacial score (nSPS) is 11.2. The first kappa shape index (κ1) is 20.2. The summed E-state index contributed by atoms with van der Waals surface area (Å²) in [5, 5.41) is 8.61. The van der Waals surface area contributed by atoms with Gasteiger partial charge in [0.2, 0.25) is 5.89 Å². The van der Waals surface area contributed by atoms with E-state index in [0.717, 1.165) is 33.8 Å². The molecule has 7 heteroatoms. The van der Waals surface area contributed by atoms with E-state index in [1.807, 2.05) is 58.0 Å². The quantitative estimate of drug-likeness (QED) is 0.294. The third-order valence-electron chi connectivity index (χ3n) is 4.97. The molecule has 0 aliphatic carbocycles. The second-order valence-electron chi connectivity index (χ2n) is 7.41. The van der Waals surface area contributed by atoms with Gasteiger partial charge in [0, 0.05) is 22.5 Å². The van der Waals surface area contributed by atoms with E-state index in [4.69, 9.17) is 8.83 Å². The van der Waals surface area contributed by atoms with Gasteiger partial charge >= 0.3 is 0 Å². The van der Waals surface area contributed by atoms with Crippen LogP contribution in [0.1, 0.15) is 38.6 Å². The Morgan fingerprint density at radius 3 is 2.53 bits per heavy atom. The molecule has 0 saturated heterocycles. The highest BCUT2D eigenvalue weighted by molar-refractivity contribution is 7.99. The van der Waals surface area contributed by atoms with Gasteiger partial charge in [-0.05, 0) is 58.0 Å². The Morgan fingerprint density at radius 2 is 1.83 bits per heavy atom. The van der Waals surface area contributed by atoms with E-state index in [-0.39, 0.29) is 11.5 Å². The van der Waals surface area contributed by atoms with E-state index in [0.29, 0.717) is 23.2 Å². The Balaban J connectivity index is 1.45. The molecule has 0 amide bonds. The number of rotatable bonds is 7. The summed E-state index contributed by atoms with van der Waals surface area (Å²) in [6, 6.07) is 11.8. The second kappa shape index (κ2) is 8.36. The number of hydrogen-bond acceptors (Lipinski definition) is 6. The Hall–Kier alpha value is -3.06. The predicted molar refractivity (Wildman–Crippen MR) is 116 cm³/mol. The van der Waals surface area contributed by atoms with Crippen LogP contribution < -0.4 is 0 Å². The van der Waals surface area contributed by atoms with Crippen LogP contribution >= 0.6 is 11.8 Å². The number of aryl methyl sites for hydroxylation is 3. The van der Waals surface area contributed by atoms with Crippen LogP contribution in [0, 0.1) is 27.7 Å². The number of Topliss-reactive ketones (excluding diaryl/α,β-unsaturated/α-hetero) is 1. The van der Waals surface area contributed by atoms with Gasteiger partial charge in [-0.15, -0.1) is 10.2 Å². The van der Waals surface area contributed by atoms with Crippen molar-refractivity contribution in [3.63, 3.8) is 0 Å². The van der Waals surface area contributed by atoms with E-state index in [1.54, 1.807) is 6.26 Å². The van der Waals surface area contributed by atoms with Crippen LogP contribution in [0.15, 0.2) is 56.7 Å². The lowest BCUT2D eigenvalue weighted by atomic mass is 10.1. The Kier molecular flexibility index (Phi) is 5.63. The summed E-state index contributed by atoms with van der Waals surface area (Å²) in [5.74, 6) is 1.59. The number of ketones is 1. The van der Waals surface area contributed by atoms with Crippen LogP contribution in [-0.2, 0) is 6.54 Å². The molecule has 0 atom stereocenters. The van der Waals surface area contributed by atoms with Gasteiger partial charge in [0.1, 0.15) is 5.76 Å². The van der Waals surface area contributed by atoms with Gasteiger partial charge in [0.15, 0.2) is 5.78 Å². The van der Waals surface area contributed by atoms with Crippen molar-refractivity contribution in [1.82, 2.24) is 14.8 Å². The highest BCUT2D eigenvalue weighted by atomic mass is 32.2. The van der Waals surface area contributed by atoms with Gasteiger partial charge in [-0.2, -0.15) is 0 Å². The van der Waals surface area contributed by atoms with E-state index in [1.165, 1.54) is 11.8 Å². The van der Waals surface area contributed by atoms with Crippen molar-refractivity contribution < 1.29 is 13.6 Å². The standard InChI is InChI=1S/C23H23N3O3S/c1-14-8-15(2)10-18(9-14)22-24-25-23(29-22)30-13-21(27)20-11-16(3)26(17(20)4)12-19-6-5-7-28-19/h5-11H,12-13H2,1-4H3. The molecule has 4 rings (SSSR count). The molecule has 154 valence electrons. The summed E-state index contributed by atoms with van der Waals surface area (Å²) in [5.41, 5.74) is 5.82. The molecular formula is C23H23N3O3S. The molecule has 30 heavy (non-hydrogen) atoms.